The van der Waals surface area contributed by atoms with E-state index in [0.717, 1.165) is 45.6 Å². The minimum atomic E-state index is 0.303. The van der Waals surface area contributed by atoms with Crippen molar-refractivity contribution in [3.8, 4) is 0 Å². The van der Waals surface area contributed by atoms with Gasteiger partial charge in [-0.15, -0.1) is 0 Å². The Hall–Kier alpha value is -0.610. The van der Waals surface area contributed by atoms with Gasteiger partial charge in [0.15, 0.2) is 0 Å². The fourth-order valence-corrected chi connectivity index (χ4v) is 2.61. The van der Waals surface area contributed by atoms with E-state index in [1.54, 1.807) is 0 Å². The highest BCUT2D eigenvalue weighted by Crippen LogP contribution is 2.16. The molecule has 0 aromatic carbocycles. The Balaban J connectivity index is 2.32. The van der Waals surface area contributed by atoms with Gasteiger partial charge < -0.3 is 15.1 Å². The molecule has 0 radical (unpaired) electrons. The first-order chi connectivity index (χ1) is 8.22. The van der Waals surface area contributed by atoms with Crippen molar-refractivity contribution in [1.29, 1.82) is 0 Å². The molecular weight excluding hydrogens is 214 g/mol. The summed E-state index contributed by atoms with van der Waals surface area (Å²) in [5.41, 5.74) is 0. The molecule has 17 heavy (non-hydrogen) atoms. The predicted octanol–water partition coefficient (Wildman–Crippen LogP) is 0.929. The molecule has 0 spiro atoms. The molecule has 1 N–H and O–H groups in total. The highest BCUT2D eigenvalue weighted by molar-refractivity contribution is 5.76. The Morgan fingerprint density at radius 1 is 1.29 bits per heavy atom. The predicted molar refractivity (Wildman–Crippen MR) is 71.1 cm³/mol. The van der Waals surface area contributed by atoms with Gasteiger partial charge in [-0.1, -0.05) is 13.8 Å². The van der Waals surface area contributed by atoms with Crippen LogP contribution in [0.15, 0.2) is 0 Å². The highest BCUT2D eigenvalue weighted by Gasteiger charge is 2.24. The van der Waals surface area contributed by atoms with E-state index >= 15 is 0 Å². The number of carbonyl (C=O) groups is 1. The molecule has 1 saturated heterocycles. The van der Waals surface area contributed by atoms with Gasteiger partial charge in [0.2, 0.25) is 5.91 Å². The van der Waals surface area contributed by atoms with E-state index in [2.05, 4.69) is 24.1 Å². The minimum Gasteiger partial charge on any atom is -0.343 e. The van der Waals surface area contributed by atoms with Gasteiger partial charge >= 0.3 is 0 Å². The summed E-state index contributed by atoms with van der Waals surface area (Å²) >= 11 is 0. The van der Waals surface area contributed by atoms with Crippen LogP contribution in [0.3, 0.4) is 0 Å². The van der Waals surface area contributed by atoms with Crippen LogP contribution in [0.2, 0.25) is 0 Å². The molecule has 4 nitrogen and oxygen atoms in total. The zero-order valence-electron chi connectivity index (χ0n) is 11.5. The maximum absolute atomic E-state index is 11.8. The lowest BCUT2D eigenvalue weighted by Gasteiger charge is -2.37. The summed E-state index contributed by atoms with van der Waals surface area (Å²) in [6, 6.07) is 0.679. The van der Waals surface area contributed by atoms with Crippen molar-refractivity contribution in [2.45, 2.75) is 39.2 Å². The fourth-order valence-electron chi connectivity index (χ4n) is 2.61. The number of piperidine rings is 1. The van der Waals surface area contributed by atoms with E-state index in [9.17, 15) is 4.79 Å². The van der Waals surface area contributed by atoms with Crippen LogP contribution in [0.1, 0.15) is 33.1 Å². The van der Waals surface area contributed by atoms with Crippen LogP contribution in [-0.2, 0) is 4.79 Å². The van der Waals surface area contributed by atoms with Crippen LogP contribution in [0.5, 0.6) is 0 Å². The van der Waals surface area contributed by atoms with Crippen LogP contribution in [0.4, 0.5) is 0 Å². The molecule has 1 heterocycles. The summed E-state index contributed by atoms with van der Waals surface area (Å²) in [7, 11) is 1.89. The summed E-state index contributed by atoms with van der Waals surface area (Å²) in [6.07, 6.45) is 2.90. The monoisotopic (exact) mass is 241 g/mol. The number of likely N-dealkylation sites (tertiary alicyclic amines) is 1. The molecule has 0 unspecified atom stereocenters. The number of carbonyl (C=O) groups excluding carboxylic acids is 1. The van der Waals surface area contributed by atoms with Gasteiger partial charge in [0.1, 0.15) is 0 Å². The van der Waals surface area contributed by atoms with Gasteiger partial charge in [-0.3, -0.25) is 4.79 Å². The molecule has 0 aromatic rings. The Bertz CT molecular complexity index is 221. The van der Waals surface area contributed by atoms with Gasteiger partial charge in [-0.2, -0.15) is 0 Å². The topological polar surface area (TPSA) is 35.6 Å². The second-order valence-corrected chi connectivity index (χ2v) is 4.69. The van der Waals surface area contributed by atoms with E-state index in [1.165, 1.54) is 0 Å². The lowest BCUT2D eigenvalue weighted by Crippen LogP contribution is -2.47. The van der Waals surface area contributed by atoms with E-state index in [4.69, 9.17) is 0 Å². The molecule has 1 aliphatic rings. The van der Waals surface area contributed by atoms with Crippen LogP contribution in [0.25, 0.3) is 0 Å². The third-order valence-corrected chi connectivity index (χ3v) is 3.73. The summed E-state index contributed by atoms with van der Waals surface area (Å²) in [5, 5.41) is 3.03. The summed E-state index contributed by atoms with van der Waals surface area (Å²) < 4.78 is 0. The zero-order valence-corrected chi connectivity index (χ0v) is 11.5. The largest absolute Gasteiger partial charge is 0.343 e. The Morgan fingerprint density at radius 2 is 1.88 bits per heavy atom. The van der Waals surface area contributed by atoms with Crippen molar-refractivity contribution in [2.75, 3.05) is 39.8 Å². The first kappa shape index (κ1) is 14.5. The lowest BCUT2D eigenvalue weighted by atomic mass is 10.0. The first-order valence-electron chi connectivity index (χ1n) is 6.89. The molecule has 4 heteroatoms. The summed E-state index contributed by atoms with van der Waals surface area (Å²) in [4.78, 5) is 16.4. The van der Waals surface area contributed by atoms with Gasteiger partial charge in [0.05, 0.1) is 0 Å². The molecule has 0 bridgehead atoms. The third kappa shape index (κ3) is 4.28. The average molecular weight is 241 g/mol. The third-order valence-electron chi connectivity index (χ3n) is 3.73. The molecule has 0 aliphatic carbocycles. The SMILES string of the molecule is CCN(CC)C1CCN(C(=O)CCNC)CC1. The number of nitrogens with one attached hydrogen (secondary N) is 1. The van der Waals surface area contributed by atoms with E-state index in [1.807, 2.05) is 11.9 Å². The van der Waals surface area contributed by atoms with Gasteiger partial charge in [0, 0.05) is 32.1 Å². The molecule has 1 fully saturated rings. The standard InChI is InChI=1S/C13H27N3O/c1-4-15(5-2)12-7-10-16(11-8-12)13(17)6-9-14-3/h12,14H,4-11H2,1-3H3. The van der Waals surface area contributed by atoms with Crippen LogP contribution < -0.4 is 5.32 Å². The van der Waals surface area contributed by atoms with Crippen molar-refractivity contribution in [3.05, 3.63) is 0 Å². The quantitative estimate of drug-likeness (QED) is 0.751. The molecular formula is C13H27N3O. The molecule has 0 aromatic heterocycles. The normalized spacial score (nSPS) is 17.8. The van der Waals surface area contributed by atoms with Gasteiger partial charge in [0.25, 0.3) is 0 Å². The smallest absolute Gasteiger partial charge is 0.223 e. The van der Waals surface area contributed by atoms with Crippen LogP contribution >= 0.6 is 0 Å². The highest BCUT2D eigenvalue weighted by atomic mass is 16.2. The zero-order chi connectivity index (χ0) is 12.7. The number of nitrogens with zero attached hydrogens (tertiary/aromatic N) is 2. The van der Waals surface area contributed by atoms with E-state index in [0.29, 0.717) is 18.4 Å². The number of hydrogen-bond acceptors (Lipinski definition) is 3. The summed E-state index contributed by atoms with van der Waals surface area (Å²) in [6.45, 7) is 9.33. The molecule has 1 rings (SSSR count). The van der Waals surface area contributed by atoms with Crippen LogP contribution in [-0.4, -0.2) is 61.5 Å². The molecule has 1 amide bonds. The van der Waals surface area contributed by atoms with Gasteiger partial charge in [-0.05, 0) is 33.0 Å². The molecule has 1 aliphatic heterocycles. The maximum atomic E-state index is 11.8. The van der Waals surface area contributed by atoms with E-state index < -0.39 is 0 Å². The van der Waals surface area contributed by atoms with Crippen molar-refractivity contribution >= 4 is 5.91 Å². The van der Waals surface area contributed by atoms with Crippen molar-refractivity contribution in [1.82, 2.24) is 15.1 Å². The fraction of sp³-hybridized carbons (Fsp3) is 0.923. The molecule has 100 valence electrons. The second-order valence-electron chi connectivity index (χ2n) is 4.69. The van der Waals surface area contributed by atoms with Crippen LogP contribution in [0, 0.1) is 0 Å². The average Bonchev–Trinajstić information content (AvgIpc) is 2.38. The Kier molecular flexibility index (Phi) is 6.52. The Labute approximate surface area is 105 Å². The Morgan fingerprint density at radius 3 is 2.35 bits per heavy atom. The second kappa shape index (κ2) is 7.67. The van der Waals surface area contributed by atoms with Crippen molar-refractivity contribution in [3.63, 3.8) is 0 Å². The minimum absolute atomic E-state index is 0.303. The van der Waals surface area contributed by atoms with Gasteiger partial charge in [-0.25, -0.2) is 0 Å². The number of rotatable bonds is 6. The maximum Gasteiger partial charge on any atom is 0.223 e. The summed E-state index contributed by atoms with van der Waals surface area (Å²) in [5.74, 6) is 0.303. The van der Waals surface area contributed by atoms with Crippen molar-refractivity contribution in [2.24, 2.45) is 0 Å². The first-order valence-corrected chi connectivity index (χ1v) is 6.89. The van der Waals surface area contributed by atoms with Crippen molar-refractivity contribution < 1.29 is 4.79 Å². The molecule has 0 saturated carbocycles. The van der Waals surface area contributed by atoms with E-state index in [-0.39, 0.29) is 0 Å². The lowest BCUT2D eigenvalue weighted by molar-refractivity contribution is -0.132. The molecule has 0 atom stereocenters. The number of hydrogen-bond donors (Lipinski definition) is 1. The number of amides is 1.